The van der Waals surface area contributed by atoms with E-state index in [0.717, 1.165) is 0 Å². The Morgan fingerprint density at radius 1 is 1.50 bits per heavy atom. The SMILES string of the molecule is CN1c2ccccc2SP1(=S)Cl. The molecule has 0 fully saturated rings. The maximum Gasteiger partial charge on any atom is 0.179 e. The monoisotopic (exact) mass is 235 g/mol. The summed E-state index contributed by atoms with van der Waals surface area (Å²) in [5.41, 5.74) is 1.17. The summed E-state index contributed by atoms with van der Waals surface area (Å²) in [7, 11) is 1.96. The first-order valence-electron chi connectivity index (χ1n) is 3.44. The first-order valence-corrected chi connectivity index (χ1v) is 8.52. The maximum atomic E-state index is 6.20. The molecule has 1 atom stereocenters. The van der Waals surface area contributed by atoms with Crippen LogP contribution in [0.4, 0.5) is 5.69 Å². The zero-order valence-electron chi connectivity index (χ0n) is 6.40. The van der Waals surface area contributed by atoms with E-state index in [0.29, 0.717) is 0 Å². The number of benzene rings is 1. The standard InChI is InChI=1S/C7H7ClNPS2/c1-9-6-4-2-3-5-7(6)12-10(9,8)11/h2-5H,1H3. The molecule has 0 spiro atoms. The van der Waals surface area contributed by atoms with Crippen LogP contribution in [-0.4, -0.2) is 7.05 Å². The van der Waals surface area contributed by atoms with E-state index in [1.165, 1.54) is 10.6 Å². The molecule has 1 heterocycles. The van der Waals surface area contributed by atoms with Crippen LogP contribution in [0.15, 0.2) is 29.2 Å². The fourth-order valence-electron chi connectivity index (χ4n) is 1.11. The van der Waals surface area contributed by atoms with Crippen molar-refractivity contribution in [2.45, 2.75) is 4.90 Å². The fourth-order valence-corrected chi connectivity index (χ4v) is 6.14. The summed E-state index contributed by atoms with van der Waals surface area (Å²) in [6.07, 6.45) is 0. The second-order valence-corrected chi connectivity index (χ2v) is 11.7. The van der Waals surface area contributed by atoms with E-state index in [9.17, 15) is 0 Å². The summed E-state index contributed by atoms with van der Waals surface area (Å²) in [5.74, 6) is 0. The van der Waals surface area contributed by atoms with Crippen LogP contribution in [0.25, 0.3) is 0 Å². The van der Waals surface area contributed by atoms with Crippen molar-refractivity contribution in [2.24, 2.45) is 0 Å². The number of para-hydroxylation sites is 1. The molecule has 0 aliphatic carbocycles. The van der Waals surface area contributed by atoms with Crippen molar-refractivity contribution >= 4 is 44.9 Å². The quantitative estimate of drug-likeness (QED) is 0.632. The summed E-state index contributed by atoms with van der Waals surface area (Å²) >= 11 is 13.1. The lowest BCUT2D eigenvalue weighted by atomic mass is 10.3. The molecule has 0 N–H and O–H groups in total. The second kappa shape index (κ2) is 2.91. The Balaban J connectivity index is 2.57. The normalized spacial score (nSPS) is 27.3. The molecular weight excluding hydrogens is 229 g/mol. The molecule has 1 aliphatic heterocycles. The average Bonchev–Trinajstić information content (AvgIpc) is 2.24. The molecule has 0 radical (unpaired) electrons. The smallest absolute Gasteiger partial charge is 0.179 e. The van der Waals surface area contributed by atoms with Gasteiger partial charge in [-0.3, -0.25) is 0 Å². The van der Waals surface area contributed by atoms with Crippen molar-refractivity contribution in [1.29, 1.82) is 0 Å². The van der Waals surface area contributed by atoms with Crippen LogP contribution in [0.2, 0.25) is 0 Å². The number of anilines is 1. The van der Waals surface area contributed by atoms with E-state index in [1.54, 1.807) is 11.4 Å². The lowest BCUT2D eigenvalue weighted by Crippen LogP contribution is -2.03. The van der Waals surface area contributed by atoms with Crippen LogP contribution in [0.3, 0.4) is 0 Å². The summed E-state index contributed by atoms with van der Waals surface area (Å²) in [6.45, 7) is 0. The Kier molecular flexibility index (Phi) is 2.16. The molecule has 0 bridgehead atoms. The van der Waals surface area contributed by atoms with Gasteiger partial charge in [0.1, 0.15) is 0 Å². The van der Waals surface area contributed by atoms with Crippen molar-refractivity contribution < 1.29 is 0 Å². The molecule has 1 aromatic carbocycles. The number of fused-ring (bicyclic) bond motifs is 1. The highest BCUT2D eigenvalue weighted by Crippen LogP contribution is 2.75. The van der Waals surface area contributed by atoms with Crippen LogP contribution in [0, 0.1) is 0 Å². The Bertz CT molecular complexity index is 368. The largest absolute Gasteiger partial charge is 0.326 e. The van der Waals surface area contributed by atoms with Crippen LogP contribution in [0.1, 0.15) is 0 Å². The Labute approximate surface area is 85.7 Å². The first kappa shape index (κ1) is 8.89. The van der Waals surface area contributed by atoms with Crippen molar-refractivity contribution in [1.82, 2.24) is 0 Å². The predicted octanol–water partition coefficient (Wildman–Crippen LogP) is 3.69. The fraction of sp³-hybridized carbons (Fsp3) is 0.143. The third-order valence-corrected chi connectivity index (χ3v) is 8.19. The van der Waals surface area contributed by atoms with Gasteiger partial charge in [0.05, 0.1) is 5.69 Å². The van der Waals surface area contributed by atoms with Gasteiger partial charge in [-0.05, 0) is 23.9 Å². The van der Waals surface area contributed by atoms with E-state index in [2.05, 4.69) is 12.1 Å². The average molecular weight is 236 g/mol. The lowest BCUT2D eigenvalue weighted by molar-refractivity contribution is 1.30. The van der Waals surface area contributed by atoms with Gasteiger partial charge in [-0.25, -0.2) is 0 Å². The molecule has 0 saturated heterocycles. The highest BCUT2D eigenvalue weighted by atomic mass is 35.7. The first-order chi connectivity index (χ1) is 5.61. The van der Waals surface area contributed by atoms with E-state index in [4.69, 9.17) is 23.0 Å². The Hall–Kier alpha value is 0.310. The third-order valence-electron chi connectivity index (χ3n) is 1.78. The van der Waals surface area contributed by atoms with E-state index >= 15 is 0 Å². The molecule has 12 heavy (non-hydrogen) atoms. The van der Waals surface area contributed by atoms with Gasteiger partial charge in [-0.2, -0.15) is 0 Å². The second-order valence-electron chi connectivity index (χ2n) is 2.53. The van der Waals surface area contributed by atoms with Crippen LogP contribution >= 0.6 is 27.4 Å². The summed E-state index contributed by atoms with van der Waals surface area (Å²) in [5, 5.41) is 0. The maximum absolute atomic E-state index is 6.20. The van der Waals surface area contributed by atoms with Crippen LogP contribution in [0.5, 0.6) is 0 Å². The molecule has 64 valence electrons. The van der Waals surface area contributed by atoms with Gasteiger partial charge >= 0.3 is 0 Å². The van der Waals surface area contributed by atoms with Gasteiger partial charge in [0.2, 0.25) is 0 Å². The minimum atomic E-state index is -1.86. The molecule has 0 aromatic heterocycles. The summed E-state index contributed by atoms with van der Waals surface area (Å²) in [6, 6.07) is 8.14. The molecule has 1 unspecified atom stereocenters. The zero-order valence-corrected chi connectivity index (χ0v) is 9.68. The van der Waals surface area contributed by atoms with Gasteiger partial charge < -0.3 is 4.67 Å². The van der Waals surface area contributed by atoms with E-state index in [-0.39, 0.29) is 0 Å². The number of halogens is 1. The molecule has 0 amide bonds. The Morgan fingerprint density at radius 2 is 2.17 bits per heavy atom. The lowest BCUT2D eigenvalue weighted by Gasteiger charge is -2.17. The minimum absolute atomic E-state index is 1.17. The number of hydrogen-bond acceptors (Lipinski definition) is 2. The molecule has 5 heteroatoms. The van der Waals surface area contributed by atoms with Crippen molar-refractivity contribution in [2.75, 3.05) is 11.7 Å². The minimum Gasteiger partial charge on any atom is -0.326 e. The molecular formula is C7H7ClNPS2. The molecule has 1 aromatic rings. The van der Waals surface area contributed by atoms with E-state index in [1.807, 2.05) is 23.9 Å². The molecule has 1 nitrogen and oxygen atoms in total. The predicted molar refractivity (Wildman–Crippen MR) is 60.8 cm³/mol. The number of rotatable bonds is 0. The summed E-state index contributed by atoms with van der Waals surface area (Å²) < 4.78 is 0.157. The van der Waals surface area contributed by atoms with Gasteiger partial charge in [0, 0.05) is 11.9 Å². The third kappa shape index (κ3) is 1.29. The van der Waals surface area contributed by atoms with Crippen LogP contribution < -0.4 is 4.67 Å². The van der Waals surface area contributed by atoms with Crippen LogP contribution in [-0.2, 0) is 11.8 Å². The highest BCUT2D eigenvalue weighted by Gasteiger charge is 2.31. The molecule has 0 saturated carbocycles. The van der Waals surface area contributed by atoms with Crippen molar-refractivity contribution in [3.05, 3.63) is 24.3 Å². The molecule has 1 aliphatic rings. The zero-order chi connectivity index (χ0) is 8.77. The van der Waals surface area contributed by atoms with E-state index < -0.39 is 4.74 Å². The number of nitrogens with zero attached hydrogens (tertiary/aromatic N) is 1. The summed E-state index contributed by atoms with van der Waals surface area (Å²) in [4.78, 5) is 1.21. The van der Waals surface area contributed by atoms with Gasteiger partial charge in [-0.1, -0.05) is 34.8 Å². The van der Waals surface area contributed by atoms with Crippen molar-refractivity contribution in [3.63, 3.8) is 0 Å². The Morgan fingerprint density at radius 3 is 2.83 bits per heavy atom. The topological polar surface area (TPSA) is 3.24 Å². The van der Waals surface area contributed by atoms with Gasteiger partial charge in [0.25, 0.3) is 0 Å². The molecule has 2 rings (SSSR count). The van der Waals surface area contributed by atoms with Gasteiger partial charge in [0.15, 0.2) is 4.74 Å². The highest BCUT2D eigenvalue weighted by molar-refractivity contribution is 8.79. The van der Waals surface area contributed by atoms with Crippen molar-refractivity contribution in [3.8, 4) is 0 Å². The van der Waals surface area contributed by atoms with Gasteiger partial charge in [-0.15, -0.1) is 0 Å². The number of hydrogen-bond donors (Lipinski definition) is 0.